The first-order valence-electron chi connectivity index (χ1n) is 6.43. The number of nitrogens with zero attached hydrogens (tertiary/aromatic N) is 2. The van der Waals surface area contributed by atoms with E-state index in [0.29, 0.717) is 4.57 Å². The second-order valence-corrected chi connectivity index (χ2v) is 5.36. The van der Waals surface area contributed by atoms with Gasteiger partial charge in [0.25, 0.3) is 6.43 Å². The molecule has 1 aromatic carbocycles. The molecule has 0 saturated carbocycles. The van der Waals surface area contributed by atoms with Crippen LogP contribution in [0.3, 0.4) is 0 Å². The predicted octanol–water partition coefficient (Wildman–Crippen LogP) is 3.52. The number of halogens is 5. The van der Waals surface area contributed by atoms with Gasteiger partial charge >= 0.3 is 0 Å². The zero-order valence-electron chi connectivity index (χ0n) is 12.4. The number of benzene rings is 1. The summed E-state index contributed by atoms with van der Waals surface area (Å²) >= 11 is 2.87. The van der Waals surface area contributed by atoms with Gasteiger partial charge in [0.05, 0.1) is 18.2 Å². The third kappa shape index (κ3) is 5.12. The molecule has 1 aromatic heterocycles. The molecular formula is C15H8BrF4N2O2Y-. The number of hydrogen-bond donors (Lipinski definition) is 0. The fourth-order valence-electron chi connectivity index (χ4n) is 2.00. The molecule has 0 atom stereocenters. The van der Waals surface area contributed by atoms with E-state index in [1.807, 2.05) is 0 Å². The summed E-state index contributed by atoms with van der Waals surface area (Å²) in [4.78, 5) is 12.0. The van der Waals surface area contributed by atoms with Crippen LogP contribution in [0.4, 0.5) is 17.6 Å². The number of nitriles is 1. The van der Waals surface area contributed by atoms with Crippen LogP contribution in [0.2, 0.25) is 0 Å². The maximum absolute atomic E-state index is 14.2. The maximum Gasteiger partial charge on any atom is 0.256 e. The van der Waals surface area contributed by atoms with Gasteiger partial charge in [0.15, 0.2) is 6.61 Å². The van der Waals surface area contributed by atoms with E-state index in [-0.39, 0.29) is 42.9 Å². The zero-order valence-corrected chi connectivity index (χ0v) is 16.8. The number of alkyl halides is 2. The van der Waals surface area contributed by atoms with E-state index in [9.17, 15) is 22.4 Å². The third-order valence-corrected chi connectivity index (χ3v) is 3.50. The molecule has 2 aromatic rings. The Hall–Kier alpha value is -1.24. The standard InChI is InChI=1S/C15H8BrF4N2O2.Y/c16-9-1-2-12(22(15(9)23)7-13(19)20)14-10(17)5-8(6-11(14)18)24-4-3-21;/h1,5-6,13H,4,7H2;/q-1;. The van der Waals surface area contributed by atoms with Gasteiger partial charge in [-0.15, -0.1) is 15.9 Å². The molecule has 0 amide bonds. The van der Waals surface area contributed by atoms with Crippen LogP contribution in [0.15, 0.2) is 27.5 Å². The number of pyridine rings is 1. The van der Waals surface area contributed by atoms with Crippen molar-refractivity contribution in [1.29, 1.82) is 5.26 Å². The molecule has 0 aliphatic carbocycles. The minimum atomic E-state index is -2.91. The summed E-state index contributed by atoms with van der Waals surface area (Å²) in [5, 5.41) is 8.39. The number of aromatic nitrogens is 1. The Morgan fingerprint density at radius 3 is 2.44 bits per heavy atom. The first-order valence-corrected chi connectivity index (χ1v) is 7.22. The first-order chi connectivity index (χ1) is 11.3. The third-order valence-electron chi connectivity index (χ3n) is 2.93. The van der Waals surface area contributed by atoms with Crippen molar-refractivity contribution in [2.75, 3.05) is 6.61 Å². The van der Waals surface area contributed by atoms with Crippen molar-refractivity contribution in [3.05, 3.63) is 50.7 Å². The van der Waals surface area contributed by atoms with Crippen molar-refractivity contribution in [3.63, 3.8) is 0 Å². The Balaban J connectivity index is 0.00000312. The van der Waals surface area contributed by atoms with Crippen LogP contribution < -0.4 is 10.3 Å². The Bertz CT molecular complexity index is 845. The smallest absolute Gasteiger partial charge is 0.256 e. The van der Waals surface area contributed by atoms with Crippen LogP contribution in [-0.2, 0) is 39.3 Å². The van der Waals surface area contributed by atoms with Crippen molar-refractivity contribution in [2.24, 2.45) is 0 Å². The number of rotatable bonds is 5. The molecule has 1 radical (unpaired) electrons. The molecule has 0 N–H and O–H groups in total. The minimum absolute atomic E-state index is 0. The molecule has 0 spiro atoms. The fraction of sp³-hybridized carbons (Fsp3) is 0.200. The van der Waals surface area contributed by atoms with Gasteiger partial charge in [0.2, 0.25) is 5.56 Å². The van der Waals surface area contributed by atoms with Gasteiger partial charge in [-0.2, -0.15) is 17.4 Å². The normalized spacial score (nSPS) is 10.3. The first kappa shape index (κ1) is 21.8. The molecule has 0 aliphatic rings. The second-order valence-electron chi connectivity index (χ2n) is 4.50. The van der Waals surface area contributed by atoms with E-state index in [0.717, 1.165) is 18.2 Å². The summed E-state index contributed by atoms with van der Waals surface area (Å²) in [6.45, 7) is -1.46. The van der Waals surface area contributed by atoms with E-state index in [2.05, 4.69) is 22.0 Å². The SMILES string of the molecule is N#CCOc1cc(F)c(-c2[c-]cc(Br)c(=O)n2CC(F)F)c(F)c1.[Y]. The van der Waals surface area contributed by atoms with Crippen LogP contribution in [0.25, 0.3) is 11.3 Å². The number of ether oxygens (including phenoxy) is 1. The second kappa shape index (κ2) is 9.46. The molecule has 4 nitrogen and oxygen atoms in total. The van der Waals surface area contributed by atoms with Crippen LogP contribution in [0.5, 0.6) is 5.75 Å². The molecule has 0 aliphatic heterocycles. The van der Waals surface area contributed by atoms with Crippen molar-refractivity contribution >= 4 is 15.9 Å². The molecule has 0 bridgehead atoms. The van der Waals surface area contributed by atoms with Crippen LogP contribution in [0.1, 0.15) is 0 Å². The van der Waals surface area contributed by atoms with Crippen molar-refractivity contribution < 1.29 is 55.0 Å². The van der Waals surface area contributed by atoms with Crippen LogP contribution in [-0.4, -0.2) is 17.6 Å². The molecule has 1 heterocycles. The molecular weight excluding hydrogens is 485 g/mol. The maximum atomic E-state index is 14.2. The van der Waals surface area contributed by atoms with Gasteiger partial charge in [-0.3, -0.25) is 4.79 Å². The van der Waals surface area contributed by atoms with Crippen LogP contribution >= 0.6 is 15.9 Å². The van der Waals surface area contributed by atoms with Gasteiger partial charge in [-0.1, -0.05) is 5.69 Å². The minimum Gasteiger partial charge on any atom is -0.479 e. The molecule has 0 fully saturated rings. The van der Waals surface area contributed by atoms with E-state index >= 15 is 0 Å². The summed E-state index contributed by atoms with van der Waals surface area (Å²) in [6, 6.07) is 6.74. The Labute approximate surface area is 173 Å². The van der Waals surface area contributed by atoms with Gasteiger partial charge in [0, 0.05) is 44.8 Å². The Kier molecular flexibility index (Phi) is 8.25. The average Bonchev–Trinajstić information content (AvgIpc) is 2.51. The summed E-state index contributed by atoms with van der Waals surface area (Å²) in [7, 11) is 0. The summed E-state index contributed by atoms with van der Waals surface area (Å²) in [5.41, 5.74) is -2.01. The molecule has 2 rings (SSSR count). The van der Waals surface area contributed by atoms with E-state index in [1.165, 1.54) is 0 Å². The summed E-state index contributed by atoms with van der Waals surface area (Å²) < 4.78 is 59.1. The van der Waals surface area contributed by atoms with Gasteiger partial charge in [-0.05, 0) is 10.0 Å². The summed E-state index contributed by atoms with van der Waals surface area (Å²) in [6.07, 6.45) is -2.91. The van der Waals surface area contributed by atoms with Crippen LogP contribution in [0, 0.1) is 29.0 Å². The largest absolute Gasteiger partial charge is 0.479 e. The van der Waals surface area contributed by atoms with Crippen molar-refractivity contribution in [3.8, 4) is 23.1 Å². The van der Waals surface area contributed by atoms with E-state index in [1.54, 1.807) is 6.07 Å². The monoisotopic (exact) mass is 492 g/mol. The molecule has 25 heavy (non-hydrogen) atoms. The van der Waals surface area contributed by atoms with Crippen molar-refractivity contribution in [1.82, 2.24) is 4.57 Å². The van der Waals surface area contributed by atoms with E-state index in [4.69, 9.17) is 10.00 Å². The predicted molar refractivity (Wildman–Crippen MR) is 79.7 cm³/mol. The number of hydrogen-bond acceptors (Lipinski definition) is 3. The molecule has 0 unspecified atom stereocenters. The van der Waals surface area contributed by atoms with Gasteiger partial charge in [0.1, 0.15) is 11.8 Å². The molecule has 0 saturated heterocycles. The zero-order chi connectivity index (χ0) is 17.9. The van der Waals surface area contributed by atoms with Crippen molar-refractivity contribution in [2.45, 2.75) is 13.0 Å². The van der Waals surface area contributed by atoms with Gasteiger partial charge < -0.3 is 9.30 Å². The van der Waals surface area contributed by atoms with Gasteiger partial charge in [-0.25, -0.2) is 17.6 Å². The summed E-state index contributed by atoms with van der Waals surface area (Å²) in [5.74, 6) is -2.51. The molecule has 129 valence electrons. The fourth-order valence-corrected chi connectivity index (χ4v) is 2.32. The quantitative estimate of drug-likeness (QED) is 0.474. The topological polar surface area (TPSA) is 55.0 Å². The Morgan fingerprint density at radius 1 is 1.32 bits per heavy atom. The Morgan fingerprint density at radius 2 is 1.92 bits per heavy atom. The molecule has 10 heteroatoms. The van der Waals surface area contributed by atoms with E-state index < -0.39 is 48.0 Å². The average molecular weight is 493 g/mol.